The van der Waals surface area contributed by atoms with Gasteiger partial charge in [0.05, 0.1) is 11.4 Å². The number of nitrogens with zero attached hydrogens (tertiary/aromatic N) is 1. The normalized spacial score (nSPS) is 13.5. The molecule has 2 heterocycles. The highest BCUT2D eigenvalue weighted by atomic mass is 32.1. The van der Waals surface area contributed by atoms with E-state index >= 15 is 0 Å². The molecule has 0 radical (unpaired) electrons. The summed E-state index contributed by atoms with van der Waals surface area (Å²) in [5, 5.41) is 7.58. The van der Waals surface area contributed by atoms with Crippen LogP contribution in [-0.4, -0.2) is 0 Å². The molecule has 0 aliphatic heterocycles. The molecule has 1 saturated carbocycles. The Morgan fingerprint density at radius 2 is 1.07 bits per heavy atom. The van der Waals surface area contributed by atoms with Gasteiger partial charge in [-0.3, -0.25) is 0 Å². The fraction of sp³-hybridized carbons (Fsp3) is 0.103. The number of benzene rings is 9. The van der Waals surface area contributed by atoms with E-state index in [4.69, 9.17) is 4.42 Å². The molecule has 0 amide bonds. The highest BCUT2D eigenvalue weighted by Gasteiger charge is 2.25. The van der Waals surface area contributed by atoms with Crippen molar-refractivity contribution in [2.75, 3.05) is 4.90 Å². The summed E-state index contributed by atoms with van der Waals surface area (Å²) in [5.41, 5.74) is 14.0. The molecule has 0 atom stereocenters. The molecule has 1 aliphatic carbocycles. The third-order valence-corrected chi connectivity index (χ3v) is 14.3. The summed E-state index contributed by atoms with van der Waals surface area (Å²) in [6.45, 7) is 0. The summed E-state index contributed by atoms with van der Waals surface area (Å²) in [4.78, 5) is 2.52. The van der Waals surface area contributed by atoms with Crippen LogP contribution in [0.15, 0.2) is 199 Å². The average Bonchev–Trinajstić information content (AvgIpc) is 3.90. The number of hydrogen-bond donors (Lipinski definition) is 0. The van der Waals surface area contributed by atoms with Crippen molar-refractivity contribution in [3.8, 4) is 33.4 Å². The van der Waals surface area contributed by atoms with Crippen molar-refractivity contribution in [2.24, 2.45) is 0 Å². The van der Waals surface area contributed by atoms with Crippen LogP contribution in [0, 0.1) is 0 Å². The molecule has 9 aromatic carbocycles. The number of rotatable bonds is 7. The maximum absolute atomic E-state index is 6.25. The first-order chi connectivity index (χ1) is 30.3. The molecule has 2 aromatic heterocycles. The minimum absolute atomic E-state index is 0.575. The quantitative estimate of drug-likeness (QED) is 0.160. The van der Waals surface area contributed by atoms with Gasteiger partial charge < -0.3 is 9.32 Å². The zero-order chi connectivity index (χ0) is 40.3. The number of para-hydroxylation sites is 3. The molecule has 11 aromatic rings. The second-order valence-electron chi connectivity index (χ2n) is 16.6. The Labute approximate surface area is 360 Å². The van der Waals surface area contributed by atoms with Crippen LogP contribution >= 0.6 is 11.3 Å². The highest BCUT2D eigenvalue weighted by Crippen LogP contribution is 2.50. The van der Waals surface area contributed by atoms with Crippen molar-refractivity contribution in [2.45, 2.75) is 38.0 Å². The lowest BCUT2D eigenvalue weighted by molar-refractivity contribution is 0.445. The Hall–Kier alpha value is -6.94. The van der Waals surface area contributed by atoms with E-state index in [-0.39, 0.29) is 0 Å². The lowest BCUT2D eigenvalue weighted by Gasteiger charge is -2.31. The zero-order valence-electron chi connectivity index (χ0n) is 33.9. The molecule has 0 N–H and O–H groups in total. The number of thiophene rings is 1. The van der Waals surface area contributed by atoms with Gasteiger partial charge in [-0.1, -0.05) is 165 Å². The van der Waals surface area contributed by atoms with Crippen LogP contribution in [0.3, 0.4) is 0 Å². The van der Waals surface area contributed by atoms with Gasteiger partial charge in [-0.2, -0.15) is 0 Å². The lowest BCUT2D eigenvalue weighted by Crippen LogP contribution is -2.13. The highest BCUT2D eigenvalue weighted by molar-refractivity contribution is 7.26. The molecule has 12 rings (SSSR count). The molecule has 2 nitrogen and oxygen atoms in total. The minimum Gasteiger partial charge on any atom is -0.456 e. The molecule has 3 heteroatoms. The number of hydrogen-bond acceptors (Lipinski definition) is 3. The number of anilines is 3. The smallest absolute Gasteiger partial charge is 0.135 e. The molecule has 0 saturated heterocycles. The Kier molecular flexibility index (Phi) is 8.82. The van der Waals surface area contributed by atoms with Crippen molar-refractivity contribution in [3.05, 3.63) is 200 Å². The third-order valence-electron chi connectivity index (χ3n) is 13.1. The van der Waals surface area contributed by atoms with Crippen LogP contribution in [0.1, 0.15) is 43.6 Å². The molecule has 0 spiro atoms. The monoisotopic (exact) mass is 801 g/mol. The SMILES string of the molecule is c1cc(-c2ccc3oc4ccccc4c3c2)cc(N(c2ccccc2-c2cccc3c2sc2ccccc23)c2ccccc2-c2cccc3cccc(C4CCCCC4)c23)c1. The van der Waals surface area contributed by atoms with Gasteiger partial charge in [-0.05, 0) is 100 Å². The predicted molar refractivity (Wildman–Crippen MR) is 261 cm³/mol. The minimum atomic E-state index is 0.575. The van der Waals surface area contributed by atoms with Crippen LogP contribution in [0.25, 0.3) is 86.3 Å². The van der Waals surface area contributed by atoms with Gasteiger partial charge in [0, 0.05) is 53.3 Å². The Morgan fingerprint density at radius 1 is 0.443 bits per heavy atom. The summed E-state index contributed by atoms with van der Waals surface area (Å²) in [7, 11) is 0. The molecule has 1 fully saturated rings. The first-order valence-corrected chi connectivity index (χ1v) is 22.5. The Balaban J connectivity index is 1.10. The molecule has 292 valence electrons. The van der Waals surface area contributed by atoms with Crippen molar-refractivity contribution in [1.29, 1.82) is 0 Å². The summed E-state index contributed by atoms with van der Waals surface area (Å²) < 4.78 is 8.87. The molecular weight excluding hydrogens is 759 g/mol. The van der Waals surface area contributed by atoms with Crippen molar-refractivity contribution in [1.82, 2.24) is 0 Å². The van der Waals surface area contributed by atoms with E-state index in [2.05, 4.69) is 193 Å². The van der Waals surface area contributed by atoms with E-state index in [0.717, 1.165) is 50.1 Å². The van der Waals surface area contributed by atoms with E-state index in [1.807, 2.05) is 17.4 Å². The second kappa shape index (κ2) is 15.0. The molecule has 61 heavy (non-hydrogen) atoms. The van der Waals surface area contributed by atoms with Crippen LogP contribution in [0.4, 0.5) is 17.1 Å². The first kappa shape index (κ1) is 36.0. The number of furan rings is 1. The van der Waals surface area contributed by atoms with Crippen LogP contribution < -0.4 is 4.90 Å². The van der Waals surface area contributed by atoms with Crippen molar-refractivity contribution >= 4 is 81.3 Å². The van der Waals surface area contributed by atoms with Gasteiger partial charge in [0.15, 0.2) is 0 Å². The summed E-state index contributed by atoms with van der Waals surface area (Å²) in [6.07, 6.45) is 6.45. The maximum atomic E-state index is 6.25. The summed E-state index contributed by atoms with van der Waals surface area (Å²) >= 11 is 1.89. The van der Waals surface area contributed by atoms with Crippen molar-refractivity contribution < 1.29 is 4.42 Å². The van der Waals surface area contributed by atoms with E-state index in [0.29, 0.717) is 5.92 Å². The topological polar surface area (TPSA) is 16.4 Å². The lowest BCUT2D eigenvalue weighted by atomic mass is 9.80. The van der Waals surface area contributed by atoms with Gasteiger partial charge in [0.1, 0.15) is 11.2 Å². The van der Waals surface area contributed by atoms with Gasteiger partial charge in [-0.25, -0.2) is 0 Å². The average molecular weight is 802 g/mol. The van der Waals surface area contributed by atoms with E-state index < -0.39 is 0 Å². The molecular formula is C58H43NOS. The van der Waals surface area contributed by atoms with Gasteiger partial charge in [0.2, 0.25) is 0 Å². The largest absolute Gasteiger partial charge is 0.456 e. The predicted octanol–water partition coefficient (Wildman–Crippen LogP) is 17.6. The van der Waals surface area contributed by atoms with E-state index in [9.17, 15) is 0 Å². The maximum Gasteiger partial charge on any atom is 0.135 e. The van der Waals surface area contributed by atoms with E-state index in [1.165, 1.54) is 90.9 Å². The fourth-order valence-electron chi connectivity index (χ4n) is 10.2. The Bertz CT molecular complexity index is 3430. The standard InChI is InChI=1S/C58H43NOS/c1-2-16-38(17-3-1)43-26-13-18-39-19-14-27-48(57(39)43)44-22-4-8-30-52(44)59(42-21-12-20-40(36-42)41-34-35-55-51(37-41)46-24-6-10-32-54(46)60-55)53-31-9-5-23-45(53)49-28-15-29-50-47-25-7-11-33-56(47)61-58(49)50/h4-15,18-38H,1-3,16-17H2. The van der Waals surface area contributed by atoms with Crippen LogP contribution in [-0.2, 0) is 0 Å². The second-order valence-corrected chi connectivity index (χ2v) is 17.6. The van der Waals surface area contributed by atoms with E-state index in [1.54, 1.807) is 0 Å². The summed E-state index contributed by atoms with van der Waals surface area (Å²) in [6, 6.07) is 71.6. The molecule has 0 unspecified atom stereocenters. The van der Waals surface area contributed by atoms with Gasteiger partial charge in [0.25, 0.3) is 0 Å². The van der Waals surface area contributed by atoms with Gasteiger partial charge in [-0.15, -0.1) is 11.3 Å². The van der Waals surface area contributed by atoms with Gasteiger partial charge >= 0.3 is 0 Å². The van der Waals surface area contributed by atoms with Crippen LogP contribution in [0.5, 0.6) is 0 Å². The number of fused-ring (bicyclic) bond motifs is 7. The van der Waals surface area contributed by atoms with Crippen molar-refractivity contribution in [3.63, 3.8) is 0 Å². The molecule has 1 aliphatic rings. The fourth-order valence-corrected chi connectivity index (χ4v) is 11.5. The Morgan fingerprint density at radius 3 is 1.92 bits per heavy atom. The third kappa shape index (κ3) is 6.14. The first-order valence-electron chi connectivity index (χ1n) is 21.7. The van der Waals surface area contributed by atoms with Crippen LogP contribution in [0.2, 0.25) is 0 Å². The zero-order valence-corrected chi connectivity index (χ0v) is 34.7. The molecule has 0 bridgehead atoms. The summed E-state index contributed by atoms with van der Waals surface area (Å²) in [5.74, 6) is 0.575.